The molecule has 4 rings (SSSR count). The van der Waals surface area contributed by atoms with E-state index >= 15 is 0 Å². The van der Waals surface area contributed by atoms with Crippen LogP contribution < -0.4 is 0 Å². The van der Waals surface area contributed by atoms with Crippen LogP contribution in [0.5, 0.6) is 0 Å². The van der Waals surface area contributed by atoms with Crippen molar-refractivity contribution in [2.75, 3.05) is 0 Å². The maximum absolute atomic E-state index is 11.5. The van der Waals surface area contributed by atoms with Gasteiger partial charge in [0.25, 0.3) is 0 Å². The first-order valence-electron chi connectivity index (χ1n) is 6.69. The summed E-state index contributed by atoms with van der Waals surface area (Å²) in [6.45, 7) is 2.06. The zero-order valence-electron chi connectivity index (χ0n) is 11.1. The Morgan fingerprint density at radius 1 is 0.850 bits per heavy atom. The van der Waals surface area contributed by atoms with Crippen LogP contribution in [0, 0.1) is 6.92 Å². The van der Waals surface area contributed by atoms with E-state index < -0.39 is 5.60 Å². The molecule has 0 saturated carbocycles. The van der Waals surface area contributed by atoms with Gasteiger partial charge in [0.05, 0.1) is 0 Å². The summed E-state index contributed by atoms with van der Waals surface area (Å²) in [5.74, 6) is 0. The van der Waals surface area contributed by atoms with Gasteiger partial charge in [-0.15, -0.1) is 11.3 Å². The second-order valence-electron chi connectivity index (χ2n) is 5.23. The molecule has 1 aliphatic rings. The fourth-order valence-corrected chi connectivity index (χ4v) is 4.20. The summed E-state index contributed by atoms with van der Waals surface area (Å²) < 4.78 is 0. The average Bonchev–Trinajstić information content (AvgIpc) is 3.04. The van der Waals surface area contributed by atoms with Crippen LogP contribution >= 0.6 is 11.3 Å². The number of aryl methyl sites for hydroxylation is 1. The van der Waals surface area contributed by atoms with Crippen LogP contribution in [0.1, 0.15) is 22.3 Å². The predicted octanol–water partition coefficient (Wildman–Crippen LogP) is 4.32. The Kier molecular flexibility index (Phi) is 2.40. The predicted molar refractivity (Wildman–Crippen MR) is 83.0 cm³/mol. The number of benzene rings is 2. The molecule has 2 heteroatoms. The maximum Gasteiger partial charge on any atom is 0.142 e. The summed E-state index contributed by atoms with van der Waals surface area (Å²) in [6.07, 6.45) is 0. The minimum Gasteiger partial charge on any atom is -0.376 e. The molecule has 3 aromatic rings. The van der Waals surface area contributed by atoms with Crippen LogP contribution in [-0.4, -0.2) is 5.11 Å². The minimum absolute atomic E-state index is 0.976. The van der Waals surface area contributed by atoms with E-state index in [1.807, 2.05) is 42.5 Å². The largest absolute Gasteiger partial charge is 0.376 e. The highest BCUT2D eigenvalue weighted by Gasteiger charge is 2.44. The third kappa shape index (κ3) is 1.35. The van der Waals surface area contributed by atoms with E-state index in [0.717, 1.165) is 27.8 Å². The van der Waals surface area contributed by atoms with E-state index in [1.54, 1.807) is 11.3 Å². The molecule has 98 valence electrons. The molecule has 2 aromatic carbocycles. The third-order valence-corrected chi connectivity index (χ3v) is 5.10. The van der Waals surface area contributed by atoms with Crippen molar-refractivity contribution in [1.29, 1.82) is 0 Å². The molecule has 0 fully saturated rings. The van der Waals surface area contributed by atoms with Crippen LogP contribution in [0.2, 0.25) is 0 Å². The summed E-state index contributed by atoms with van der Waals surface area (Å²) in [5.41, 5.74) is 4.24. The molecule has 0 spiro atoms. The second kappa shape index (κ2) is 4.05. The number of thiophene rings is 1. The molecule has 1 nitrogen and oxygen atoms in total. The first-order valence-corrected chi connectivity index (χ1v) is 7.57. The highest BCUT2D eigenvalue weighted by molar-refractivity contribution is 7.14. The fraction of sp³-hybridized carbons (Fsp3) is 0.111. The standard InChI is InChI=1S/C18H14OS/c1-12-6-2-4-8-14(12)18(19)15-9-5-3-7-13(15)17-16(18)10-11-20-17/h2-11,19H,1H3. The third-order valence-electron chi connectivity index (χ3n) is 4.15. The van der Waals surface area contributed by atoms with Gasteiger partial charge in [0.15, 0.2) is 0 Å². The Morgan fingerprint density at radius 2 is 1.55 bits per heavy atom. The van der Waals surface area contributed by atoms with Gasteiger partial charge in [0.1, 0.15) is 5.60 Å². The number of hydrogen-bond donors (Lipinski definition) is 1. The summed E-state index contributed by atoms with van der Waals surface area (Å²) >= 11 is 1.70. The average molecular weight is 278 g/mol. The lowest BCUT2D eigenvalue weighted by atomic mass is 9.82. The number of aliphatic hydroxyl groups is 1. The Labute approximate surface area is 122 Å². The zero-order chi connectivity index (χ0) is 13.7. The van der Waals surface area contributed by atoms with Crippen LogP contribution in [0.4, 0.5) is 0 Å². The fourth-order valence-electron chi connectivity index (χ4n) is 3.21. The smallest absolute Gasteiger partial charge is 0.142 e. The summed E-state index contributed by atoms with van der Waals surface area (Å²) in [5, 5.41) is 13.6. The summed E-state index contributed by atoms with van der Waals surface area (Å²) in [4.78, 5) is 1.19. The van der Waals surface area contributed by atoms with Gasteiger partial charge in [-0.25, -0.2) is 0 Å². The van der Waals surface area contributed by atoms with Gasteiger partial charge in [0.2, 0.25) is 0 Å². The van der Waals surface area contributed by atoms with Crippen LogP contribution in [-0.2, 0) is 5.60 Å². The van der Waals surface area contributed by atoms with Crippen molar-refractivity contribution in [3.8, 4) is 10.4 Å². The lowest BCUT2D eigenvalue weighted by Gasteiger charge is -2.27. The highest BCUT2D eigenvalue weighted by Crippen LogP contribution is 2.53. The zero-order valence-corrected chi connectivity index (χ0v) is 11.9. The molecule has 0 aliphatic heterocycles. The SMILES string of the molecule is Cc1ccccc1C1(O)c2ccccc2-c2sccc21. The maximum atomic E-state index is 11.5. The molecule has 1 aliphatic carbocycles. The van der Waals surface area contributed by atoms with Crippen molar-refractivity contribution >= 4 is 11.3 Å². The quantitative estimate of drug-likeness (QED) is 0.703. The Morgan fingerprint density at radius 3 is 2.35 bits per heavy atom. The number of rotatable bonds is 1. The van der Waals surface area contributed by atoms with Crippen LogP contribution in [0.25, 0.3) is 10.4 Å². The van der Waals surface area contributed by atoms with Gasteiger partial charge in [-0.3, -0.25) is 0 Å². The van der Waals surface area contributed by atoms with Crippen molar-refractivity contribution < 1.29 is 5.11 Å². The monoisotopic (exact) mass is 278 g/mol. The Hall–Kier alpha value is -1.90. The first-order chi connectivity index (χ1) is 9.73. The van der Waals surface area contributed by atoms with Crippen LogP contribution in [0.15, 0.2) is 60.0 Å². The minimum atomic E-state index is -1.02. The molecule has 0 amide bonds. The topological polar surface area (TPSA) is 20.2 Å². The van der Waals surface area contributed by atoms with E-state index in [1.165, 1.54) is 4.88 Å². The van der Waals surface area contributed by atoms with E-state index in [0.29, 0.717) is 0 Å². The molecule has 1 atom stereocenters. The number of hydrogen-bond acceptors (Lipinski definition) is 2. The van der Waals surface area contributed by atoms with Crippen molar-refractivity contribution in [2.24, 2.45) is 0 Å². The number of fused-ring (bicyclic) bond motifs is 3. The van der Waals surface area contributed by atoms with Crippen molar-refractivity contribution in [1.82, 2.24) is 0 Å². The second-order valence-corrected chi connectivity index (χ2v) is 6.15. The van der Waals surface area contributed by atoms with E-state index in [-0.39, 0.29) is 0 Å². The normalized spacial score (nSPS) is 19.7. The van der Waals surface area contributed by atoms with Crippen molar-refractivity contribution in [3.05, 3.63) is 82.2 Å². The van der Waals surface area contributed by atoms with Crippen molar-refractivity contribution in [3.63, 3.8) is 0 Å². The van der Waals surface area contributed by atoms with E-state index in [2.05, 4.69) is 24.4 Å². The lowest BCUT2D eigenvalue weighted by molar-refractivity contribution is 0.130. The Balaban J connectivity index is 2.10. The van der Waals surface area contributed by atoms with E-state index in [4.69, 9.17) is 0 Å². The molecule has 0 saturated heterocycles. The Bertz CT molecular complexity index is 802. The summed E-state index contributed by atoms with van der Waals surface area (Å²) in [7, 11) is 0. The molecular weight excluding hydrogens is 264 g/mol. The van der Waals surface area contributed by atoms with Gasteiger partial charge < -0.3 is 5.11 Å². The van der Waals surface area contributed by atoms with Gasteiger partial charge >= 0.3 is 0 Å². The molecule has 0 radical (unpaired) electrons. The van der Waals surface area contributed by atoms with Gasteiger partial charge in [-0.1, -0.05) is 48.5 Å². The molecule has 20 heavy (non-hydrogen) atoms. The molecule has 1 heterocycles. The van der Waals surface area contributed by atoms with Gasteiger partial charge in [0, 0.05) is 16.0 Å². The van der Waals surface area contributed by atoms with Gasteiger partial charge in [-0.2, -0.15) is 0 Å². The lowest BCUT2D eigenvalue weighted by Crippen LogP contribution is -2.26. The summed E-state index contributed by atoms with van der Waals surface area (Å²) in [6, 6.07) is 18.3. The van der Waals surface area contributed by atoms with Crippen LogP contribution in [0.3, 0.4) is 0 Å². The van der Waals surface area contributed by atoms with Gasteiger partial charge in [-0.05, 0) is 35.1 Å². The molecule has 1 aromatic heterocycles. The first kappa shape index (κ1) is 11.9. The molecule has 1 N–H and O–H groups in total. The molecule has 0 bridgehead atoms. The highest BCUT2D eigenvalue weighted by atomic mass is 32.1. The molecule has 1 unspecified atom stereocenters. The van der Waals surface area contributed by atoms with Crippen molar-refractivity contribution in [2.45, 2.75) is 12.5 Å². The molecular formula is C18H14OS. The van der Waals surface area contributed by atoms with E-state index in [9.17, 15) is 5.11 Å².